The van der Waals surface area contributed by atoms with E-state index in [1.807, 2.05) is 38.1 Å². The third-order valence-electron chi connectivity index (χ3n) is 2.85. The molecule has 108 valence electrons. The van der Waals surface area contributed by atoms with Crippen molar-refractivity contribution in [3.05, 3.63) is 63.4 Å². The van der Waals surface area contributed by atoms with Crippen molar-refractivity contribution in [1.82, 2.24) is 10.9 Å². The molecule has 21 heavy (non-hydrogen) atoms. The molecule has 1 heterocycles. The van der Waals surface area contributed by atoms with Gasteiger partial charge in [-0.2, -0.15) is 0 Å². The van der Waals surface area contributed by atoms with Gasteiger partial charge in [-0.3, -0.25) is 20.4 Å². The van der Waals surface area contributed by atoms with Gasteiger partial charge in [0, 0.05) is 21.4 Å². The lowest BCUT2D eigenvalue weighted by molar-refractivity contribution is -0.117. The van der Waals surface area contributed by atoms with Gasteiger partial charge in [-0.15, -0.1) is 11.3 Å². The number of hydrogen-bond donors (Lipinski definition) is 2. The van der Waals surface area contributed by atoms with Crippen LogP contribution in [0.1, 0.15) is 25.7 Å². The number of hydrazine groups is 1. The van der Waals surface area contributed by atoms with Crippen molar-refractivity contribution < 1.29 is 9.59 Å². The van der Waals surface area contributed by atoms with Crippen LogP contribution in [0.4, 0.5) is 0 Å². The van der Waals surface area contributed by atoms with E-state index < -0.39 is 0 Å². The normalized spacial score (nSPS) is 10.6. The highest BCUT2D eigenvalue weighted by atomic mass is 32.1. The Morgan fingerprint density at radius 2 is 1.81 bits per heavy atom. The second kappa shape index (κ2) is 6.85. The minimum Gasteiger partial charge on any atom is -0.268 e. The van der Waals surface area contributed by atoms with Gasteiger partial charge >= 0.3 is 0 Å². The zero-order valence-corrected chi connectivity index (χ0v) is 12.7. The summed E-state index contributed by atoms with van der Waals surface area (Å²) in [7, 11) is 0. The van der Waals surface area contributed by atoms with Crippen molar-refractivity contribution in [2.75, 3.05) is 0 Å². The lowest BCUT2D eigenvalue weighted by Crippen LogP contribution is -2.41. The van der Waals surface area contributed by atoms with Crippen molar-refractivity contribution in [3.63, 3.8) is 0 Å². The van der Waals surface area contributed by atoms with Crippen LogP contribution in [0.2, 0.25) is 0 Å². The van der Waals surface area contributed by atoms with E-state index in [2.05, 4.69) is 10.9 Å². The van der Waals surface area contributed by atoms with Crippen LogP contribution in [0.15, 0.2) is 42.5 Å². The van der Waals surface area contributed by atoms with Crippen LogP contribution in [0.3, 0.4) is 0 Å². The smallest absolute Gasteiger partial charge is 0.268 e. The first kappa shape index (κ1) is 15.0. The highest BCUT2D eigenvalue weighted by Gasteiger charge is 2.08. The summed E-state index contributed by atoms with van der Waals surface area (Å²) in [4.78, 5) is 25.7. The maximum absolute atomic E-state index is 11.9. The number of hydrogen-bond acceptors (Lipinski definition) is 3. The summed E-state index contributed by atoms with van der Waals surface area (Å²) < 4.78 is 0. The predicted octanol–water partition coefficient (Wildman–Crippen LogP) is 2.84. The van der Waals surface area contributed by atoms with Gasteiger partial charge in [0.1, 0.15) is 0 Å². The lowest BCUT2D eigenvalue weighted by atomic mass is 10.1. The fourth-order valence-corrected chi connectivity index (χ4v) is 2.54. The topological polar surface area (TPSA) is 58.2 Å². The maximum Gasteiger partial charge on any atom is 0.269 e. The van der Waals surface area contributed by atoms with Gasteiger partial charge in [0.05, 0.1) is 0 Å². The van der Waals surface area contributed by atoms with Crippen LogP contribution >= 0.6 is 11.3 Å². The molecule has 0 spiro atoms. The second-order valence-electron chi connectivity index (χ2n) is 4.54. The molecule has 0 saturated carbocycles. The number of carbonyl (C=O) groups excluding carboxylic acids is 2. The van der Waals surface area contributed by atoms with E-state index in [-0.39, 0.29) is 11.8 Å². The molecule has 0 unspecified atom stereocenters. The molecule has 2 amide bonds. The number of aryl methyl sites for hydroxylation is 2. The number of amides is 2. The van der Waals surface area contributed by atoms with E-state index in [1.165, 1.54) is 11.0 Å². The SMILES string of the molecule is Cc1ccc(/C=C/C(=O)NNC(=O)c2ccccc2C)s1. The van der Waals surface area contributed by atoms with Crippen molar-refractivity contribution in [3.8, 4) is 0 Å². The van der Waals surface area contributed by atoms with Crippen molar-refractivity contribution >= 4 is 29.2 Å². The van der Waals surface area contributed by atoms with Gasteiger partial charge in [-0.1, -0.05) is 18.2 Å². The zero-order chi connectivity index (χ0) is 15.2. The first-order chi connectivity index (χ1) is 10.1. The van der Waals surface area contributed by atoms with E-state index in [4.69, 9.17) is 0 Å². The molecule has 2 aromatic rings. The minimum absolute atomic E-state index is 0.332. The first-order valence-electron chi connectivity index (χ1n) is 6.47. The molecule has 4 nitrogen and oxygen atoms in total. The predicted molar refractivity (Wildman–Crippen MR) is 84.9 cm³/mol. The van der Waals surface area contributed by atoms with Crippen molar-refractivity contribution in [2.24, 2.45) is 0 Å². The van der Waals surface area contributed by atoms with Gasteiger partial charge in [0.2, 0.25) is 0 Å². The Morgan fingerprint density at radius 3 is 2.48 bits per heavy atom. The standard InChI is InChI=1S/C16H16N2O2S/c1-11-5-3-4-6-14(11)16(20)18-17-15(19)10-9-13-8-7-12(2)21-13/h3-10H,1-2H3,(H,17,19)(H,18,20)/b10-9+. The largest absolute Gasteiger partial charge is 0.269 e. The highest BCUT2D eigenvalue weighted by molar-refractivity contribution is 7.12. The molecular formula is C16H16N2O2S. The molecule has 5 heteroatoms. The zero-order valence-electron chi connectivity index (χ0n) is 11.8. The van der Waals surface area contributed by atoms with E-state index in [0.717, 1.165) is 10.4 Å². The molecule has 1 aromatic carbocycles. The fourth-order valence-electron chi connectivity index (χ4n) is 1.76. The van der Waals surface area contributed by atoms with Crippen molar-refractivity contribution in [1.29, 1.82) is 0 Å². The highest BCUT2D eigenvalue weighted by Crippen LogP contribution is 2.16. The molecule has 0 radical (unpaired) electrons. The molecule has 0 aliphatic carbocycles. The monoisotopic (exact) mass is 300 g/mol. The van der Waals surface area contributed by atoms with Gasteiger partial charge in [0.15, 0.2) is 0 Å². The summed E-state index contributed by atoms with van der Waals surface area (Å²) in [6, 6.07) is 11.1. The quantitative estimate of drug-likeness (QED) is 0.676. The van der Waals surface area contributed by atoms with Gasteiger partial charge in [0.25, 0.3) is 11.8 Å². The van der Waals surface area contributed by atoms with Crippen LogP contribution in [-0.4, -0.2) is 11.8 Å². The molecular weight excluding hydrogens is 284 g/mol. The molecule has 2 N–H and O–H groups in total. The summed E-state index contributed by atoms with van der Waals surface area (Å²) >= 11 is 1.60. The van der Waals surface area contributed by atoms with Crippen LogP contribution in [-0.2, 0) is 4.79 Å². The van der Waals surface area contributed by atoms with Crippen LogP contribution in [0.25, 0.3) is 6.08 Å². The summed E-state index contributed by atoms with van der Waals surface area (Å²) in [5, 5.41) is 0. The summed E-state index contributed by atoms with van der Waals surface area (Å²) in [5.74, 6) is -0.704. The van der Waals surface area contributed by atoms with Crippen molar-refractivity contribution in [2.45, 2.75) is 13.8 Å². The lowest BCUT2D eigenvalue weighted by Gasteiger charge is -2.07. The molecule has 0 saturated heterocycles. The van der Waals surface area contributed by atoms with Crippen LogP contribution < -0.4 is 10.9 Å². The third kappa shape index (κ3) is 4.29. The Labute approximate surface area is 127 Å². The minimum atomic E-state index is -0.372. The summed E-state index contributed by atoms with van der Waals surface area (Å²) in [6.45, 7) is 3.85. The number of rotatable bonds is 3. The maximum atomic E-state index is 11.9. The Bertz CT molecular complexity index is 689. The molecule has 2 rings (SSSR count). The van der Waals surface area contributed by atoms with E-state index in [9.17, 15) is 9.59 Å². The Morgan fingerprint density at radius 1 is 1.05 bits per heavy atom. The van der Waals surface area contributed by atoms with E-state index >= 15 is 0 Å². The first-order valence-corrected chi connectivity index (χ1v) is 7.28. The number of thiophene rings is 1. The number of benzene rings is 1. The number of carbonyl (C=O) groups is 2. The van der Waals surface area contributed by atoms with Crippen LogP contribution in [0, 0.1) is 13.8 Å². The summed E-state index contributed by atoms with van der Waals surface area (Å²) in [5.41, 5.74) is 6.15. The average Bonchev–Trinajstić information content (AvgIpc) is 2.89. The van der Waals surface area contributed by atoms with Gasteiger partial charge in [-0.25, -0.2) is 0 Å². The Balaban J connectivity index is 1.88. The van der Waals surface area contributed by atoms with Crippen LogP contribution in [0.5, 0.6) is 0 Å². The summed E-state index contributed by atoms with van der Waals surface area (Å²) in [6.07, 6.45) is 3.11. The van der Waals surface area contributed by atoms with E-state index in [0.29, 0.717) is 5.56 Å². The molecule has 0 aliphatic heterocycles. The fraction of sp³-hybridized carbons (Fsp3) is 0.125. The van der Waals surface area contributed by atoms with Gasteiger partial charge < -0.3 is 0 Å². The molecule has 1 aromatic heterocycles. The molecule has 0 aliphatic rings. The van der Waals surface area contributed by atoms with Gasteiger partial charge in [-0.05, 0) is 43.7 Å². The molecule has 0 bridgehead atoms. The second-order valence-corrected chi connectivity index (χ2v) is 5.86. The molecule has 0 fully saturated rings. The number of nitrogens with one attached hydrogen (secondary N) is 2. The Kier molecular flexibility index (Phi) is 4.90. The Hall–Kier alpha value is -2.40. The third-order valence-corrected chi connectivity index (χ3v) is 3.81. The van der Waals surface area contributed by atoms with E-state index in [1.54, 1.807) is 29.5 Å². The molecule has 0 atom stereocenters. The average molecular weight is 300 g/mol.